The first-order valence-electron chi connectivity index (χ1n) is 7.03. The maximum atomic E-state index is 14.2. The van der Waals surface area contributed by atoms with Gasteiger partial charge in [0.15, 0.2) is 0 Å². The Bertz CT molecular complexity index is 423. The molecular weight excluding hydrogens is 263 g/mol. The van der Waals surface area contributed by atoms with Crippen LogP contribution in [0.3, 0.4) is 0 Å². The molecule has 7 heteroatoms. The summed E-state index contributed by atoms with van der Waals surface area (Å²) in [7, 11) is 0. The molecule has 20 heavy (non-hydrogen) atoms. The van der Waals surface area contributed by atoms with Gasteiger partial charge in [-0.1, -0.05) is 6.42 Å². The van der Waals surface area contributed by atoms with Crippen LogP contribution in [-0.2, 0) is 0 Å². The Labute approximate surface area is 117 Å². The summed E-state index contributed by atoms with van der Waals surface area (Å²) in [6, 6.07) is 0.128. The van der Waals surface area contributed by atoms with Gasteiger partial charge in [-0.05, 0) is 26.2 Å². The van der Waals surface area contributed by atoms with E-state index in [0.717, 1.165) is 19.4 Å². The molecule has 0 radical (unpaired) electrons. The SMILES string of the molecule is C/C(NC1CCN(C2CCC2)CC1F)=C(/C=N)[N+](=O)[O-]. The third kappa shape index (κ3) is 3.15. The molecule has 2 N–H and O–H groups in total. The van der Waals surface area contributed by atoms with E-state index in [1.54, 1.807) is 0 Å². The normalized spacial score (nSPS) is 29.3. The zero-order valence-corrected chi connectivity index (χ0v) is 11.6. The molecule has 112 valence electrons. The largest absolute Gasteiger partial charge is 0.377 e. The molecule has 1 saturated heterocycles. The molecule has 1 heterocycles. The molecule has 6 nitrogen and oxygen atoms in total. The van der Waals surface area contributed by atoms with E-state index in [9.17, 15) is 14.5 Å². The lowest BCUT2D eigenvalue weighted by Gasteiger charge is -2.43. The average molecular weight is 284 g/mol. The van der Waals surface area contributed by atoms with E-state index >= 15 is 0 Å². The maximum absolute atomic E-state index is 14.2. The number of nitro groups is 1. The molecule has 0 bridgehead atoms. The molecule has 2 atom stereocenters. The summed E-state index contributed by atoms with van der Waals surface area (Å²) in [5, 5.41) is 20.7. The van der Waals surface area contributed by atoms with E-state index in [4.69, 9.17) is 5.41 Å². The molecule has 1 saturated carbocycles. The number of likely N-dealkylation sites (tertiary alicyclic amines) is 1. The Hall–Kier alpha value is -1.50. The van der Waals surface area contributed by atoms with Crippen molar-refractivity contribution in [3.05, 3.63) is 21.5 Å². The Kier molecular flexibility index (Phi) is 4.69. The monoisotopic (exact) mass is 284 g/mol. The van der Waals surface area contributed by atoms with E-state index < -0.39 is 17.1 Å². The van der Waals surface area contributed by atoms with E-state index in [1.807, 2.05) is 0 Å². The predicted octanol–water partition coefficient (Wildman–Crippen LogP) is 1.70. The summed E-state index contributed by atoms with van der Waals surface area (Å²) in [5.41, 5.74) is -0.0478. The van der Waals surface area contributed by atoms with Crippen LogP contribution < -0.4 is 5.32 Å². The molecule has 0 amide bonds. The van der Waals surface area contributed by atoms with Gasteiger partial charge in [0.2, 0.25) is 0 Å². The summed E-state index contributed by atoms with van der Waals surface area (Å²) in [5.74, 6) is 0. The van der Waals surface area contributed by atoms with Crippen molar-refractivity contribution in [1.29, 1.82) is 5.41 Å². The van der Waals surface area contributed by atoms with Gasteiger partial charge in [0.1, 0.15) is 6.17 Å². The second-order valence-corrected chi connectivity index (χ2v) is 5.55. The highest BCUT2D eigenvalue weighted by atomic mass is 19.1. The second kappa shape index (κ2) is 6.30. The number of rotatable bonds is 5. The predicted molar refractivity (Wildman–Crippen MR) is 74.1 cm³/mol. The van der Waals surface area contributed by atoms with Crippen molar-refractivity contribution >= 4 is 6.21 Å². The number of hydrogen-bond acceptors (Lipinski definition) is 5. The van der Waals surface area contributed by atoms with Crippen molar-refractivity contribution in [3.8, 4) is 0 Å². The van der Waals surface area contributed by atoms with E-state index in [-0.39, 0.29) is 11.4 Å². The van der Waals surface area contributed by atoms with Gasteiger partial charge < -0.3 is 10.7 Å². The second-order valence-electron chi connectivity index (χ2n) is 5.55. The summed E-state index contributed by atoms with van der Waals surface area (Å²) >= 11 is 0. The molecule has 0 aromatic heterocycles. The molecule has 2 rings (SSSR count). The van der Waals surface area contributed by atoms with Crippen LogP contribution in [0, 0.1) is 15.5 Å². The van der Waals surface area contributed by atoms with Crippen LogP contribution in [-0.4, -0.2) is 47.4 Å². The van der Waals surface area contributed by atoms with Gasteiger partial charge in [-0.25, -0.2) is 4.39 Å². The van der Waals surface area contributed by atoms with Crippen LogP contribution in [0.1, 0.15) is 32.6 Å². The maximum Gasteiger partial charge on any atom is 0.305 e. The van der Waals surface area contributed by atoms with Crippen LogP contribution in [0.5, 0.6) is 0 Å². The van der Waals surface area contributed by atoms with Gasteiger partial charge in [-0.2, -0.15) is 0 Å². The van der Waals surface area contributed by atoms with Crippen molar-refractivity contribution in [1.82, 2.24) is 10.2 Å². The van der Waals surface area contributed by atoms with Gasteiger partial charge >= 0.3 is 5.70 Å². The third-order valence-corrected chi connectivity index (χ3v) is 4.28. The highest BCUT2D eigenvalue weighted by Gasteiger charge is 2.35. The molecule has 1 aliphatic carbocycles. The van der Waals surface area contributed by atoms with Gasteiger partial charge in [0.25, 0.3) is 0 Å². The first-order chi connectivity index (χ1) is 9.52. The van der Waals surface area contributed by atoms with Gasteiger partial charge in [0.05, 0.1) is 22.9 Å². The lowest BCUT2D eigenvalue weighted by molar-refractivity contribution is -0.415. The fourth-order valence-electron chi connectivity index (χ4n) is 2.82. The topological polar surface area (TPSA) is 82.3 Å². The van der Waals surface area contributed by atoms with Gasteiger partial charge in [-0.3, -0.25) is 15.0 Å². The van der Waals surface area contributed by atoms with Crippen molar-refractivity contribution in [3.63, 3.8) is 0 Å². The number of allylic oxidation sites excluding steroid dienone is 2. The number of nitrogens with zero attached hydrogens (tertiary/aromatic N) is 2. The quantitative estimate of drug-likeness (QED) is 0.457. The first-order valence-corrected chi connectivity index (χ1v) is 7.03. The molecule has 2 fully saturated rings. The Balaban J connectivity index is 1.94. The Morgan fingerprint density at radius 1 is 1.50 bits per heavy atom. The summed E-state index contributed by atoms with van der Waals surface area (Å²) in [6.07, 6.45) is 3.84. The van der Waals surface area contributed by atoms with E-state index in [2.05, 4.69) is 10.2 Å². The van der Waals surface area contributed by atoms with E-state index in [0.29, 0.717) is 25.2 Å². The smallest absolute Gasteiger partial charge is 0.305 e. The number of halogens is 1. The minimum absolute atomic E-state index is 0.259. The number of nitrogens with one attached hydrogen (secondary N) is 2. The zero-order valence-electron chi connectivity index (χ0n) is 11.6. The molecule has 1 aliphatic heterocycles. The van der Waals surface area contributed by atoms with Crippen LogP contribution in [0.2, 0.25) is 0 Å². The standard InChI is InChI=1S/C13H21FN4O2/c1-9(13(7-15)18(19)20)16-12-5-6-17(8-11(12)14)10-3-2-4-10/h7,10-12,15-16H,2-6,8H2,1H3/b13-9+,15-7?. The van der Waals surface area contributed by atoms with E-state index in [1.165, 1.54) is 13.3 Å². The summed E-state index contributed by atoms with van der Waals surface area (Å²) in [6.45, 7) is 2.75. The first kappa shape index (κ1) is 14.9. The highest BCUT2D eigenvalue weighted by molar-refractivity contribution is 5.73. The lowest BCUT2D eigenvalue weighted by atomic mass is 9.89. The van der Waals surface area contributed by atoms with Crippen LogP contribution in [0.4, 0.5) is 4.39 Å². The fraction of sp³-hybridized carbons (Fsp3) is 0.769. The number of piperidine rings is 1. The van der Waals surface area contributed by atoms with Crippen molar-refractivity contribution < 1.29 is 9.31 Å². The highest BCUT2D eigenvalue weighted by Crippen LogP contribution is 2.28. The third-order valence-electron chi connectivity index (χ3n) is 4.28. The summed E-state index contributed by atoms with van der Waals surface area (Å²) < 4.78 is 14.2. The fourth-order valence-corrected chi connectivity index (χ4v) is 2.82. The number of hydrogen-bond donors (Lipinski definition) is 2. The minimum atomic E-state index is -1.03. The molecule has 0 aromatic rings. The van der Waals surface area contributed by atoms with Crippen LogP contribution >= 0.6 is 0 Å². The zero-order chi connectivity index (χ0) is 14.7. The number of alkyl halides is 1. The molecular formula is C13H21FN4O2. The van der Waals surface area contributed by atoms with Crippen LogP contribution in [0.15, 0.2) is 11.4 Å². The van der Waals surface area contributed by atoms with Crippen molar-refractivity contribution in [2.24, 2.45) is 0 Å². The average Bonchev–Trinajstić information content (AvgIpc) is 2.30. The van der Waals surface area contributed by atoms with Crippen LogP contribution in [0.25, 0.3) is 0 Å². The molecule has 2 unspecified atom stereocenters. The molecule has 0 aromatic carbocycles. The van der Waals surface area contributed by atoms with Gasteiger partial charge in [0, 0.05) is 19.1 Å². The van der Waals surface area contributed by atoms with Crippen molar-refractivity contribution in [2.75, 3.05) is 13.1 Å². The van der Waals surface area contributed by atoms with Gasteiger partial charge in [-0.15, -0.1) is 0 Å². The summed E-state index contributed by atoms with van der Waals surface area (Å²) in [4.78, 5) is 12.3. The Morgan fingerprint density at radius 2 is 2.20 bits per heavy atom. The molecule has 0 spiro atoms. The Morgan fingerprint density at radius 3 is 2.65 bits per heavy atom. The molecule has 2 aliphatic rings. The van der Waals surface area contributed by atoms with Crippen molar-refractivity contribution in [2.45, 2.75) is 50.9 Å². The lowest BCUT2D eigenvalue weighted by Crippen LogP contribution is -2.54. The minimum Gasteiger partial charge on any atom is -0.377 e.